The highest BCUT2D eigenvalue weighted by Gasteiger charge is 2.10. The molecule has 0 saturated carbocycles. The fraction of sp³-hybridized carbons (Fsp3) is 0.200. The Morgan fingerprint density at radius 3 is 2.19 bits per heavy atom. The highest BCUT2D eigenvalue weighted by Crippen LogP contribution is 2.24. The molecule has 0 aliphatic rings. The molecule has 0 fully saturated rings. The number of nitrogens with one attached hydrogen (secondary N) is 2. The molecule has 3 rings (SSSR count). The monoisotopic (exact) mass is 418 g/mol. The Morgan fingerprint density at radius 1 is 0.839 bits per heavy atom. The predicted molar refractivity (Wildman–Crippen MR) is 122 cm³/mol. The molecule has 0 unspecified atom stereocenters. The average Bonchev–Trinajstić information content (AvgIpc) is 2.76. The molecule has 3 aromatic rings. The van der Waals surface area contributed by atoms with Crippen LogP contribution < -0.4 is 20.1 Å². The molecule has 6 heteroatoms. The van der Waals surface area contributed by atoms with E-state index in [0.717, 1.165) is 16.9 Å². The first-order chi connectivity index (χ1) is 15.0. The minimum absolute atomic E-state index is 0.155. The van der Waals surface area contributed by atoms with E-state index in [4.69, 9.17) is 9.47 Å². The molecule has 0 bridgehead atoms. The van der Waals surface area contributed by atoms with Crippen LogP contribution in [-0.2, 0) is 4.79 Å². The van der Waals surface area contributed by atoms with Gasteiger partial charge in [0.05, 0.1) is 25.8 Å². The minimum Gasteiger partial charge on any atom is -0.495 e. The summed E-state index contributed by atoms with van der Waals surface area (Å²) < 4.78 is 11.0. The van der Waals surface area contributed by atoms with Crippen molar-refractivity contribution in [1.29, 1.82) is 0 Å². The molecule has 0 atom stereocenters. The number of rotatable bonds is 8. The van der Waals surface area contributed by atoms with Gasteiger partial charge in [0, 0.05) is 11.3 Å². The zero-order valence-corrected chi connectivity index (χ0v) is 17.9. The zero-order chi connectivity index (χ0) is 22.2. The lowest BCUT2D eigenvalue weighted by molar-refractivity contribution is -0.116. The standard InChI is InChI=1S/C25H26N2O4/c1-17-7-6-8-18(2)24(17)31-16-15-23(28)26-20-13-11-19(12-14-20)25(29)27-21-9-4-5-10-22(21)30-3/h4-14H,15-16H2,1-3H3,(H,26,28)(H,27,29). The summed E-state index contributed by atoms with van der Waals surface area (Å²) in [7, 11) is 1.55. The molecule has 3 aromatic carbocycles. The van der Waals surface area contributed by atoms with Gasteiger partial charge in [0.15, 0.2) is 0 Å². The average molecular weight is 418 g/mol. The van der Waals surface area contributed by atoms with E-state index < -0.39 is 0 Å². The molecule has 2 amide bonds. The Morgan fingerprint density at radius 2 is 1.52 bits per heavy atom. The lowest BCUT2D eigenvalue weighted by Gasteiger charge is -2.12. The van der Waals surface area contributed by atoms with Crippen molar-refractivity contribution < 1.29 is 19.1 Å². The predicted octanol–water partition coefficient (Wildman–Crippen LogP) is 4.97. The molecule has 0 heterocycles. The first kappa shape index (κ1) is 21.9. The summed E-state index contributed by atoms with van der Waals surface area (Å²) in [5.41, 5.74) is 3.77. The second-order valence-electron chi connectivity index (χ2n) is 7.10. The van der Waals surface area contributed by atoms with Crippen LogP contribution in [0, 0.1) is 13.8 Å². The lowest BCUT2D eigenvalue weighted by atomic mass is 10.1. The van der Waals surface area contributed by atoms with Gasteiger partial charge in [-0.3, -0.25) is 9.59 Å². The minimum atomic E-state index is -0.260. The van der Waals surface area contributed by atoms with Crippen LogP contribution in [0.1, 0.15) is 27.9 Å². The van der Waals surface area contributed by atoms with Crippen LogP contribution in [0.25, 0.3) is 0 Å². The topological polar surface area (TPSA) is 76.7 Å². The fourth-order valence-corrected chi connectivity index (χ4v) is 3.14. The number of carbonyl (C=O) groups is 2. The third-order valence-corrected chi connectivity index (χ3v) is 4.77. The van der Waals surface area contributed by atoms with Gasteiger partial charge in [0.2, 0.25) is 5.91 Å². The molecule has 0 aliphatic heterocycles. The summed E-state index contributed by atoms with van der Waals surface area (Å²) in [6.45, 7) is 4.25. The summed E-state index contributed by atoms with van der Waals surface area (Å²) in [6, 6.07) is 19.8. The zero-order valence-electron chi connectivity index (χ0n) is 17.9. The molecular weight excluding hydrogens is 392 g/mol. The van der Waals surface area contributed by atoms with Gasteiger partial charge in [-0.05, 0) is 61.4 Å². The van der Waals surface area contributed by atoms with Crippen molar-refractivity contribution >= 4 is 23.2 Å². The molecule has 0 aromatic heterocycles. The van der Waals surface area contributed by atoms with E-state index in [1.54, 1.807) is 43.5 Å². The molecule has 6 nitrogen and oxygen atoms in total. The first-order valence-corrected chi connectivity index (χ1v) is 10.0. The van der Waals surface area contributed by atoms with E-state index in [0.29, 0.717) is 22.7 Å². The third kappa shape index (κ3) is 5.85. The molecule has 0 aliphatic carbocycles. The summed E-state index contributed by atoms with van der Waals surface area (Å²) in [4.78, 5) is 24.7. The van der Waals surface area contributed by atoms with Crippen molar-refractivity contribution in [3.8, 4) is 11.5 Å². The van der Waals surface area contributed by atoms with Crippen molar-refractivity contribution in [2.24, 2.45) is 0 Å². The Hall–Kier alpha value is -3.80. The Kier molecular flexibility index (Phi) is 7.27. The van der Waals surface area contributed by atoms with Crippen molar-refractivity contribution in [2.45, 2.75) is 20.3 Å². The van der Waals surface area contributed by atoms with Crippen LogP contribution in [0.4, 0.5) is 11.4 Å². The maximum atomic E-state index is 12.5. The van der Waals surface area contributed by atoms with Gasteiger partial charge < -0.3 is 20.1 Å². The van der Waals surface area contributed by atoms with Crippen molar-refractivity contribution in [1.82, 2.24) is 0 Å². The number of anilines is 2. The second kappa shape index (κ2) is 10.3. The van der Waals surface area contributed by atoms with E-state index >= 15 is 0 Å². The van der Waals surface area contributed by atoms with Gasteiger partial charge in [-0.1, -0.05) is 30.3 Å². The van der Waals surface area contributed by atoms with Gasteiger partial charge in [0.1, 0.15) is 11.5 Å². The van der Waals surface area contributed by atoms with Crippen LogP contribution in [0.2, 0.25) is 0 Å². The number of methoxy groups -OCH3 is 1. The number of hydrogen-bond donors (Lipinski definition) is 2. The first-order valence-electron chi connectivity index (χ1n) is 10.0. The van der Waals surface area contributed by atoms with E-state index in [1.165, 1.54) is 0 Å². The van der Waals surface area contributed by atoms with Gasteiger partial charge >= 0.3 is 0 Å². The summed E-state index contributed by atoms with van der Waals surface area (Å²) >= 11 is 0. The van der Waals surface area contributed by atoms with Gasteiger partial charge in [-0.2, -0.15) is 0 Å². The lowest BCUT2D eigenvalue weighted by Crippen LogP contribution is -2.16. The smallest absolute Gasteiger partial charge is 0.255 e. The van der Waals surface area contributed by atoms with Crippen molar-refractivity contribution in [2.75, 3.05) is 24.4 Å². The van der Waals surface area contributed by atoms with E-state index in [9.17, 15) is 9.59 Å². The second-order valence-corrected chi connectivity index (χ2v) is 7.10. The summed E-state index contributed by atoms with van der Waals surface area (Å²) in [5, 5.41) is 5.64. The van der Waals surface area contributed by atoms with E-state index in [2.05, 4.69) is 10.6 Å². The van der Waals surface area contributed by atoms with Crippen molar-refractivity contribution in [3.63, 3.8) is 0 Å². The highest BCUT2D eigenvalue weighted by molar-refractivity contribution is 6.05. The number of para-hydroxylation sites is 3. The molecule has 2 N–H and O–H groups in total. The van der Waals surface area contributed by atoms with E-state index in [-0.39, 0.29) is 24.8 Å². The largest absolute Gasteiger partial charge is 0.495 e. The number of ether oxygens (including phenoxy) is 2. The molecule has 160 valence electrons. The van der Waals surface area contributed by atoms with Crippen LogP contribution in [0.15, 0.2) is 66.7 Å². The normalized spacial score (nSPS) is 10.3. The third-order valence-electron chi connectivity index (χ3n) is 4.77. The van der Waals surface area contributed by atoms with Crippen LogP contribution in [0.3, 0.4) is 0 Å². The Labute approximate surface area is 182 Å². The van der Waals surface area contributed by atoms with Crippen molar-refractivity contribution in [3.05, 3.63) is 83.4 Å². The van der Waals surface area contributed by atoms with Gasteiger partial charge in [-0.25, -0.2) is 0 Å². The molecule has 0 radical (unpaired) electrons. The molecule has 31 heavy (non-hydrogen) atoms. The van der Waals surface area contributed by atoms with E-state index in [1.807, 2.05) is 44.2 Å². The van der Waals surface area contributed by atoms with Gasteiger partial charge in [-0.15, -0.1) is 0 Å². The number of aryl methyl sites for hydroxylation is 2. The number of hydrogen-bond acceptors (Lipinski definition) is 4. The number of amides is 2. The molecule has 0 saturated heterocycles. The Bertz CT molecular complexity index is 1040. The summed E-state index contributed by atoms with van der Waals surface area (Å²) in [6.07, 6.45) is 0.226. The van der Waals surface area contributed by atoms with Gasteiger partial charge in [0.25, 0.3) is 5.91 Å². The fourth-order valence-electron chi connectivity index (χ4n) is 3.14. The number of carbonyl (C=O) groups excluding carboxylic acids is 2. The molecule has 0 spiro atoms. The SMILES string of the molecule is COc1ccccc1NC(=O)c1ccc(NC(=O)CCOc2c(C)cccc2C)cc1. The summed E-state index contributed by atoms with van der Waals surface area (Å²) in [5.74, 6) is 0.991. The Balaban J connectivity index is 1.51. The highest BCUT2D eigenvalue weighted by atomic mass is 16.5. The van der Waals surface area contributed by atoms with Crippen LogP contribution in [-0.4, -0.2) is 25.5 Å². The maximum absolute atomic E-state index is 12.5. The van der Waals surface area contributed by atoms with Crippen LogP contribution in [0.5, 0.6) is 11.5 Å². The number of benzene rings is 3. The van der Waals surface area contributed by atoms with Crippen LogP contribution >= 0.6 is 0 Å². The quantitative estimate of drug-likeness (QED) is 0.541. The maximum Gasteiger partial charge on any atom is 0.255 e. The molecular formula is C25H26N2O4.